The van der Waals surface area contributed by atoms with Crippen LogP contribution in [0.4, 0.5) is 0 Å². The molecule has 0 aromatic heterocycles. The van der Waals surface area contributed by atoms with E-state index in [-0.39, 0.29) is 25.7 Å². The quantitative estimate of drug-likeness (QED) is 0.197. The molecule has 2 heterocycles. The topological polar surface area (TPSA) is 168 Å². The molecule has 2 aliphatic rings. The fraction of sp³-hybridized carbons (Fsp3) is 0.810. The number of carboxylic acids is 2. The van der Waals surface area contributed by atoms with Gasteiger partial charge in [-0.1, -0.05) is 0 Å². The molecule has 33 heavy (non-hydrogen) atoms. The van der Waals surface area contributed by atoms with Crippen molar-refractivity contribution >= 4 is 47.4 Å². The zero-order valence-corrected chi connectivity index (χ0v) is 20.0. The highest BCUT2D eigenvalue weighted by molar-refractivity contribution is 8.00. The Bertz CT molecular complexity index is 651. The highest BCUT2D eigenvalue weighted by atomic mass is 32.2. The van der Waals surface area contributed by atoms with Crippen LogP contribution in [-0.2, 0) is 28.7 Å². The van der Waals surface area contributed by atoms with Crippen molar-refractivity contribution in [3.63, 3.8) is 0 Å². The highest BCUT2D eigenvalue weighted by Gasteiger charge is 2.42. The van der Waals surface area contributed by atoms with Crippen LogP contribution in [0.5, 0.6) is 0 Å². The van der Waals surface area contributed by atoms with Crippen molar-refractivity contribution in [1.29, 1.82) is 0 Å². The molecule has 2 aliphatic heterocycles. The van der Waals surface area contributed by atoms with Crippen molar-refractivity contribution in [3.05, 3.63) is 0 Å². The van der Waals surface area contributed by atoms with Gasteiger partial charge in [0, 0.05) is 12.8 Å². The smallest absolute Gasteiger partial charge is 0.309 e. The van der Waals surface area contributed by atoms with Crippen molar-refractivity contribution in [2.24, 2.45) is 0 Å². The van der Waals surface area contributed by atoms with E-state index in [1.54, 1.807) is 23.5 Å². The van der Waals surface area contributed by atoms with E-state index in [2.05, 4.69) is 0 Å². The van der Waals surface area contributed by atoms with Crippen molar-refractivity contribution in [2.75, 3.05) is 23.0 Å². The Morgan fingerprint density at radius 2 is 1.18 bits per heavy atom. The van der Waals surface area contributed by atoms with Gasteiger partial charge >= 0.3 is 23.9 Å². The number of esters is 2. The number of hydrogen-bond donors (Lipinski definition) is 4. The first kappa shape index (κ1) is 27.7. The van der Waals surface area contributed by atoms with E-state index < -0.39 is 60.1 Å². The lowest BCUT2D eigenvalue weighted by molar-refractivity contribution is -0.175. The van der Waals surface area contributed by atoms with Crippen molar-refractivity contribution in [2.45, 2.75) is 81.2 Å². The van der Waals surface area contributed by atoms with E-state index >= 15 is 0 Å². The molecule has 2 rings (SSSR count). The minimum atomic E-state index is -1.54. The first-order valence-electron chi connectivity index (χ1n) is 10.9. The lowest BCUT2D eigenvalue weighted by Crippen LogP contribution is -2.44. The van der Waals surface area contributed by atoms with E-state index in [0.29, 0.717) is 12.8 Å². The minimum absolute atomic E-state index is 0.134. The summed E-state index contributed by atoms with van der Waals surface area (Å²) in [4.78, 5) is 45.1. The molecule has 0 aromatic rings. The molecule has 4 N–H and O–H groups in total. The highest BCUT2D eigenvalue weighted by Crippen LogP contribution is 2.32. The minimum Gasteiger partial charge on any atom is -0.481 e. The zero-order valence-electron chi connectivity index (χ0n) is 18.4. The molecule has 4 atom stereocenters. The van der Waals surface area contributed by atoms with Gasteiger partial charge in [0.25, 0.3) is 0 Å². The van der Waals surface area contributed by atoms with Crippen molar-refractivity contribution in [1.82, 2.24) is 0 Å². The molecule has 0 bridgehead atoms. The molecule has 2 fully saturated rings. The molecule has 0 spiro atoms. The van der Waals surface area contributed by atoms with Gasteiger partial charge in [-0.15, -0.1) is 0 Å². The molecule has 4 unspecified atom stereocenters. The van der Waals surface area contributed by atoms with Gasteiger partial charge in [-0.05, 0) is 42.3 Å². The summed E-state index contributed by atoms with van der Waals surface area (Å²) in [5.41, 5.74) is -3.08. The molecule has 2 saturated heterocycles. The Balaban J connectivity index is 1.54. The maximum Gasteiger partial charge on any atom is 0.309 e. The van der Waals surface area contributed by atoms with E-state index in [1.807, 2.05) is 0 Å². The predicted octanol–water partition coefficient (Wildman–Crippen LogP) is 1.45. The number of aliphatic carboxylic acids is 2. The third kappa shape index (κ3) is 10.5. The fourth-order valence-electron chi connectivity index (χ4n) is 4.12. The second-order valence-electron chi connectivity index (χ2n) is 8.73. The molecule has 0 aliphatic carbocycles. The Morgan fingerprint density at radius 1 is 0.788 bits per heavy atom. The summed E-state index contributed by atoms with van der Waals surface area (Å²) in [7, 11) is 0. The summed E-state index contributed by atoms with van der Waals surface area (Å²) < 4.78 is 10.5. The predicted molar refractivity (Wildman–Crippen MR) is 121 cm³/mol. The number of carbonyl (C=O) groups excluding carboxylic acids is 2. The monoisotopic (exact) mass is 508 g/mol. The average Bonchev–Trinajstić information content (AvgIpc) is 2.63. The molecule has 188 valence electrons. The number of aliphatic hydroxyl groups is 2. The molecular formula is C21H32O10S2. The van der Waals surface area contributed by atoms with Gasteiger partial charge < -0.3 is 29.9 Å². The molecule has 0 amide bonds. The molecule has 0 radical (unpaired) electrons. The van der Waals surface area contributed by atoms with Gasteiger partial charge in [0.15, 0.2) is 0 Å². The van der Waals surface area contributed by atoms with E-state index in [0.717, 1.165) is 29.4 Å². The first-order valence-corrected chi connectivity index (χ1v) is 13.2. The third-order valence-electron chi connectivity index (χ3n) is 5.46. The maximum atomic E-state index is 11.7. The average molecular weight is 509 g/mol. The third-order valence-corrected chi connectivity index (χ3v) is 7.67. The van der Waals surface area contributed by atoms with Gasteiger partial charge in [0.2, 0.25) is 0 Å². The lowest BCUT2D eigenvalue weighted by atomic mass is 9.86. The SMILES string of the molecule is O=C(O)CC1(O)CC(=O)OC(CCSCCCSCCC2CC(O)(CC(=O)O)CC(=O)O2)C1. The molecule has 12 heteroatoms. The fourth-order valence-corrected chi connectivity index (χ4v) is 6.27. The van der Waals surface area contributed by atoms with Crippen LogP contribution in [0.25, 0.3) is 0 Å². The Morgan fingerprint density at radius 3 is 1.55 bits per heavy atom. The number of carboxylic acid groups (broad SMARTS) is 2. The van der Waals surface area contributed by atoms with Crippen molar-refractivity contribution < 1.29 is 49.1 Å². The Hall–Kier alpha value is -1.50. The standard InChI is InChI=1S/C21H32O10S2/c22-16(23)10-20(28)8-14(30-18(26)12-20)2-6-32-4-1-5-33-7-3-15-9-21(29,11-17(24)25)13-19(27)31-15/h14-15,28-29H,1-13H2,(H,22,23)(H,24,25). The molecule has 10 nitrogen and oxygen atoms in total. The van der Waals surface area contributed by atoms with Gasteiger partial charge in [-0.2, -0.15) is 23.5 Å². The lowest BCUT2D eigenvalue weighted by Gasteiger charge is -2.35. The number of rotatable bonds is 14. The van der Waals surface area contributed by atoms with Crippen molar-refractivity contribution in [3.8, 4) is 0 Å². The van der Waals surface area contributed by atoms with Crippen LogP contribution in [0.3, 0.4) is 0 Å². The largest absolute Gasteiger partial charge is 0.481 e. The summed E-state index contributed by atoms with van der Waals surface area (Å²) >= 11 is 3.39. The Kier molecular flexibility index (Phi) is 10.8. The number of ether oxygens (including phenoxy) is 2. The number of hydrogen-bond acceptors (Lipinski definition) is 10. The van der Waals surface area contributed by atoms with E-state index in [9.17, 15) is 29.4 Å². The van der Waals surface area contributed by atoms with Crippen LogP contribution in [-0.4, -0.2) is 90.7 Å². The van der Waals surface area contributed by atoms with Crippen LogP contribution in [0.15, 0.2) is 0 Å². The first-order chi connectivity index (χ1) is 15.5. The van der Waals surface area contributed by atoms with Crippen LogP contribution in [0.2, 0.25) is 0 Å². The summed E-state index contributed by atoms with van der Waals surface area (Å²) in [6.45, 7) is 0. The molecule has 0 saturated carbocycles. The van der Waals surface area contributed by atoms with Gasteiger partial charge in [-0.3, -0.25) is 19.2 Å². The van der Waals surface area contributed by atoms with E-state index in [1.165, 1.54) is 0 Å². The molecular weight excluding hydrogens is 476 g/mol. The summed E-state index contributed by atoms with van der Waals surface area (Å²) in [5.74, 6) is -0.181. The van der Waals surface area contributed by atoms with Gasteiger partial charge in [0.05, 0.1) is 36.9 Å². The van der Waals surface area contributed by atoms with Gasteiger partial charge in [-0.25, -0.2) is 0 Å². The normalized spacial score (nSPS) is 29.9. The summed E-state index contributed by atoms with van der Waals surface area (Å²) in [5, 5.41) is 38.5. The van der Waals surface area contributed by atoms with E-state index in [4.69, 9.17) is 19.7 Å². The van der Waals surface area contributed by atoms with Crippen LogP contribution >= 0.6 is 23.5 Å². The summed E-state index contributed by atoms with van der Waals surface area (Å²) in [6.07, 6.45) is -0.164. The van der Waals surface area contributed by atoms with Crippen LogP contribution < -0.4 is 0 Å². The zero-order chi connectivity index (χ0) is 24.5. The van der Waals surface area contributed by atoms with Crippen LogP contribution in [0.1, 0.15) is 57.8 Å². The maximum absolute atomic E-state index is 11.7. The van der Waals surface area contributed by atoms with Crippen LogP contribution in [0, 0.1) is 0 Å². The number of carbonyl (C=O) groups is 4. The van der Waals surface area contributed by atoms with Gasteiger partial charge in [0.1, 0.15) is 12.2 Å². The number of thioether (sulfide) groups is 2. The number of cyclic esters (lactones) is 2. The second-order valence-corrected chi connectivity index (χ2v) is 11.2. The summed E-state index contributed by atoms with van der Waals surface area (Å²) in [6, 6.07) is 0. The Labute approximate surface area is 200 Å². The molecule has 0 aromatic carbocycles. The second kappa shape index (κ2) is 12.8.